The molecule has 1 rings (SSSR count). The van der Waals surface area contributed by atoms with Gasteiger partial charge in [0, 0.05) is 19.0 Å². The van der Waals surface area contributed by atoms with Crippen molar-refractivity contribution in [2.24, 2.45) is 5.92 Å². The lowest BCUT2D eigenvalue weighted by molar-refractivity contribution is -0.140. The highest BCUT2D eigenvalue weighted by atomic mass is 16.3. The lowest BCUT2D eigenvalue weighted by Gasteiger charge is -2.29. The number of aliphatic hydroxyl groups is 1. The zero-order valence-electron chi connectivity index (χ0n) is 7.73. The molecule has 0 spiro atoms. The van der Waals surface area contributed by atoms with Crippen molar-refractivity contribution < 1.29 is 9.90 Å². The van der Waals surface area contributed by atoms with Crippen molar-refractivity contribution >= 4 is 5.91 Å². The van der Waals surface area contributed by atoms with Crippen LogP contribution < -0.4 is 0 Å². The monoisotopic (exact) mass is 182 g/mol. The highest BCUT2D eigenvalue weighted by Crippen LogP contribution is 2.16. The Morgan fingerprint density at radius 2 is 2.15 bits per heavy atom. The van der Waals surface area contributed by atoms with E-state index in [1.807, 2.05) is 0 Å². The molecule has 4 nitrogen and oxygen atoms in total. The summed E-state index contributed by atoms with van der Waals surface area (Å²) in [5.74, 6) is -0.144. The molecule has 1 amide bonds. The summed E-state index contributed by atoms with van der Waals surface area (Å²) in [6, 6.07) is 2.19. The molecule has 0 saturated carbocycles. The van der Waals surface area contributed by atoms with Gasteiger partial charge in [-0.15, -0.1) is 0 Å². The summed E-state index contributed by atoms with van der Waals surface area (Å²) in [6.07, 6.45) is 0.544. The van der Waals surface area contributed by atoms with Crippen LogP contribution in [-0.2, 0) is 4.79 Å². The minimum Gasteiger partial charge on any atom is -0.384 e. The van der Waals surface area contributed by atoms with E-state index < -0.39 is 6.10 Å². The molecule has 0 aromatic heterocycles. The molecule has 4 heteroatoms. The van der Waals surface area contributed by atoms with E-state index in [4.69, 9.17) is 10.4 Å². The topological polar surface area (TPSA) is 64.3 Å². The maximum absolute atomic E-state index is 11.3. The quantitative estimate of drug-likeness (QED) is 0.627. The molecule has 0 unspecified atom stereocenters. The maximum atomic E-state index is 11.3. The molecule has 1 fully saturated rings. The fourth-order valence-electron chi connectivity index (χ4n) is 1.49. The minimum absolute atomic E-state index is 0.0815. The van der Waals surface area contributed by atoms with Crippen LogP contribution in [0.4, 0.5) is 0 Å². The number of hydrogen-bond acceptors (Lipinski definition) is 3. The van der Waals surface area contributed by atoms with Gasteiger partial charge in [-0.1, -0.05) is 0 Å². The molecule has 0 aromatic carbocycles. The molecule has 0 bridgehead atoms. The standard InChI is InChI=1S/C9H14N2O2/c1-7(12)9(13)11-4-2-8(6-10)3-5-11/h7-8,12H,2-5H2,1H3/t7-/m0/s1. The first-order chi connectivity index (χ1) is 6.15. The normalized spacial score (nSPS) is 20.8. The molecule has 1 atom stereocenters. The van der Waals surface area contributed by atoms with Crippen molar-refractivity contribution in [1.82, 2.24) is 4.90 Å². The molecule has 0 radical (unpaired) electrons. The van der Waals surface area contributed by atoms with Crippen LogP contribution >= 0.6 is 0 Å². The van der Waals surface area contributed by atoms with Crippen molar-refractivity contribution in [2.45, 2.75) is 25.9 Å². The van der Waals surface area contributed by atoms with Crippen LogP contribution in [0, 0.1) is 17.2 Å². The summed E-state index contributed by atoms with van der Waals surface area (Å²) in [5, 5.41) is 17.7. The third kappa shape index (κ3) is 2.43. The number of hydrogen-bond donors (Lipinski definition) is 1. The van der Waals surface area contributed by atoms with Crippen LogP contribution in [0.15, 0.2) is 0 Å². The average molecular weight is 182 g/mol. The third-order valence-corrected chi connectivity index (χ3v) is 2.35. The van der Waals surface area contributed by atoms with Crippen molar-refractivity contribution in [3.63, 3.8) is 0 Å². The molecule has 1 saturated heterocycles. The molecule has 1 heterocycles. The van der Waals surface area contributed by atoms with E-state index in [1.165, 1.54) is 6.92 Å². The SMILES string of the molecule is C[C@H](O)C(=O)N1CCC(C#N)CC1. The Morgan fingerprint density at radius 1 is 1.62 bits per heavy atom. The van der Waals surface area contributed by atoms with E-state index in [2.05, 4.69) is 6.07 Å². The predicted molar refractivity (Wildman–Crippen MR) is 46.6 cm³/mol. The molecule has 0 aromatic rings. The van der Waals surface area contributed by atoms with E-state index in [-0.39, 0.29) is 11.8 Å². The Bertz CT molecular complexity index is 224. The first-order valence-electron chi connectivity index (χ1n) is 4.51. The van der Waals surface area contributed by atoms with Gasteiger partial charge in [0.05, 0.1) is 6.07 Å². The Hall–Kier alpha value is -1.08. The van der Waals surface area contributed by atoms with Crippen LogP contribution in [0.1, 0.15) is 19.8 Å². The van der Waals surface area contributed by atoms with Crippen molar-refractivity contribution in [3.05, 3.63) is 0 Å². The van der Waals surface area contributed by atoms with Crippen LogP contribution in [0.5, 0.6) is 0 Å². The van der Waals surface area contributed by atoms with Gasteiger partial charge < -0.3 is 10.0 Å². The molecule has 1 aliphatic heterocycles. The second-order valence-electron chi connectivity index (χ2n) is 3.40. The Labute approximate surface area is 77.8 Å². The van der Waals surface area contributed by atoms with E-state index >= 15 is 0 Å². The summed E-state index contributed by atoms with van der Waals surface area (Å²) in [5.41, 5.74) is 0. The van der Waals surface area contributed by atoms with Crippen LogP contribution in [0.3, 0.4) is 0 Å². The number of aliphatic hydroxyl groups excluding tert-OH is 1. The first-order valence-corrected chi connectivity index (χ1v) is 4.51. The summed E-state index contributed by atoms with van der Waals surface area (Å²) < 4.78 is 0. The van der Waals surface area contributed by atoms with Crippen LogP contribution in [-0.4, -0.2) is 35.1 Å². The summed E-state index contributed by atoms with van der Waals surface area (Å²) >= 11 is 0. The van der Waals surface area contributed by atoms with Crippen LogP contribution in [0.25, 0.3) is 0 Å². The second-order valence-corrected chi connectivity index (χ2v) is 3.40. The van der Waals surface area contributed by atoms with Crippen LogP contribution in [0.2, 0.25) is 0 Å². The number of nitrogens with zero attached hydrogens (tertiary/aromatic N) is 2. The van der Waals surface area contributed by atoms with Crippen molar-refractivity contribution in [2.75, 3.05) is 13.1 Å². The number of amides is 1. The van der Waals surface area contributed by atoms with Gasteiger partial charge in [0.1, 0.15) is 6.10 Å². The molecule has 1 N–H and O–H groups in total. The molecule has 0 aliphatic carbocycles. The number of carbonyl (C=O) groups excluding carboxylic acids is 1. The number of rotatable bonds is 1. The second kappa shape index (κ2) is 4.24. The Balaban J connectivity index is 2.42. The van der Waals surface area contributed by atoms with E-state index in [0.717, 1.165) is 12.8 Å². The van der Waals surface area contributed by atoms with Gasteiger partial charge in [-0.2, -0.15) is 5.26 Å². The van der Waals surface area contributed by atoms with E-state index in [0.29, 0.717) is 13.1 Å². The minimum atomic E-state index is -0.918. The third-order valence-electron chi connectivity index (χ3n) is 2.35. The highest BCUT2D eigenvalue weighted by Gasteiger charge is 2.24. The van der Waals surface area contributed by atoms with Gasteiger partial charge in [0.15, 0.2) is 0 Å². The van der Waals surface area contributed by atoms with Crippen molar-refractivity contribution in [1.29, 1.82) is 5.26 Å². The van der Waals surface area contributed by atoms with E-state index in [1.54, 1.807) is 4.90 Å². The molecular weight excluding hydrogens is 168 g/mol. The van der Waals surface area contributed by atoms with Gasteiger partial charge in [0.25, 0.3) is 5.91 Å². The number of carbonyl (C=O) groups is 1. The summed E-state index contributed by atoms with van der Waals surface area (Å²) in [4.78, 5) is 12.9. The first kappa shape index (κ1) is 10.0. The van der Waals surface area contributed by atoms with Crippen molar-refractivity contribution in [3.8, 4) is 6.07 Å². The maximum Gasteiger partial charge on any atom is 0.251 e. The van der Waals surface area contributed by atoms with Gasteiger partial charge in [-0.05, 0) is 19.8 Å². The van der Waals surface area contributed by atoms with Gasteiger partial charge in [-0.25, -0.2) is 0 Å². The largest absolute Gasteiger partial charge is 0.384 e. The smallest absolute Gasteiger partial charge is 0.251 e. The molecule has 1 aliphatic rings. The lowest BCUT2D eigenvalue weighted by atomic mass is 9.98. The summed E-state index contributed by atoms with van der Waals surface area (Å²) in [6.45, 7) is 2.67. The van der Waals surface area contributed by atoms with E-state index in [9.17, 15) is 4.79 Å². The average Bonchev–Trinajstić information content (AvgIpc) is 2.17. The zero-order chi connectivity index (χ0) is 9.84. The number of piperidine rings is 1. The van der Waals surface area contributed by atoms with Gasteiger partial charge >= 0.3 is 0 Å². The number of nitriles is 1. The fraction of sp³-hybridized carbons (Fsp3) is 0.778. The fourth-order valence-corrected chi connectivity index (χ4v) is 1.49. The molecule has 72 valence electrons. The summed E-state index contributed by atoms with van der Waals surface area (Å²) in [7, 11) is 0. The highest BCUT2D eigenvalue weighted by molar-refractivity contribution is 5.80. The van der Waals surface area contributed by atoms with Gasteiger partial charge in [-0.3, -0.25) is 4.79 Å². The zero-order valence-corrected chi connectivity index (χ0v) is 7.73. The van der Waals surface area contributed by atoms with Gasteiger partial charge in [0.2, 0.25) is 0 Å². The predicted octanol–water partition coefficient (Wildman–Crippen LogP) is 0.129. The Kier molecular flexibility index (Phi) is 3.26. The number of likely N-dealkylation sites (tertiary alicyclic amines) is 1. The lowest BCUT2D eigenvalue weighted by Crippen LogP contribution is -2.42. The Morgan fingerprint density at radius 3 is 2.54 bits per heavy atom. The molecular formula is C9H14N2O2. The molecule has 13 heavy (non-hydrogen) atoms.